The van der Waals surface area contributed by atoms with Crippen molar-refractivity contribution < 1.29 is 9.34 Å². The molecule has 26 heavy (non-hydrogen) atoms. The van der Waals surface area contributed by atoms with E-state index < -0.39 is 21.9 Å². The third-order valence-electron chi connectivity index (χ3n) is 3.36. The van der Waals surface area contributed by atoms with Crippen LogP contribution in [-0.4, -0.2) is 14.9 Å². The maximum Gasteiger partial charge on any atom is 0.357 e. The van der Waals surface area contributed by atoms with E-state index in [0.29, 0.717) is 27.1 Å². The van der Waals surface area contributed by atoms with E-state index in [4.69, 9.17) is 27.6 Å². The van der Waals surface area contributed by atoms with Crippen molar-refractivity contribution in [3.63, 3.8) is 0 Å². The highest BCUT2D eigenvalue weighted by Gasteiger charge is 2.19. The van der Waals surface area contributed by atoms with Gasteiger partial charge in [0.15, 0.2) is 0 Å². The Morgan fingerprint density at radius 3 is 2.58 bits per heavy atom. The van der Waals surface area contributed by atoms with Crippen LogP contribution in [0.25, 0.3) is 23.5 Å². The highest BCUT2D eigenvalue weighted by Crippen LogP contribution is 2.32. The van der Waals surface area contributed by atoms with Crippen LogP contribution in [0.15, 0.2) is 44.3 Å². The van der Waals surface area contributed by atoms with Crippen LogP contribution in [-0.2, 0) is 0 Å². The van der Waals surface area contributed by atoms with E-state index in [-0.39, 0.29) is 5.69 Å². The third kappa shape index (κ3) is 3.61. The number of benzene rings is 1. The second-order valence-corrected chi connectivity index (χ2v) is 5.93. The molecule has 0 aliphatic rings. The summed E-state index contributed by atoms with van der Waals surface area (Å²) >= 11 is 12.1. The topological polar surface area (TPSA) is 122 Å². The molecule has 2 heterocycles. The molecule has 0 aliphatic heterocycles. The molecule has 2 N–H and O–H groups in total. The number of nitrogens with one attached hydrogen (secondary N) is 2. The average Bonchev–Trinajstić information content (AvgIpc) is 3.03. The number of rotatable bonds is 4. The maximum absolute atomic E-state index is 11.6. The predicted octanol–water partition coefficient (Wildman–Crippen LogP) is 3.71. The van der Waals surface area contributed by atoms with Crippen LogP contribution in [0.4, 0.5) is 5.69 Å². The van der Waals surface area contributed by atoms with Gasteiger partial charge in [-0.3, -0.25) is 19.9 Å². The largest absolute Gasteiger partial charge is 0.457 e. The Labute approximate surface area is 154 Å². The average molecular weight is 394 g/mol. The van der Waals surface area contributed by atoms with Gasteiger partial charge in [-0.2, -0.15) is 0 Å². The van der Waals surface area contributed by atoms with E-state index in [9.17, 15) is 19.7 Å². The van der Waals surface area contributed by atoms with Crippen molar-refractivity contribution in [3.05, 3.63) is 82.8 Å². The van der Waals surface area contributed by atoms with Crippen LogP contribution in [0.2, 0.25) is 10.0 Å². The van der Waals surface area contributed by atoms with Crippen LogP contribution in [0.3, 0.4) is 0 Å². The van der Waals surface area contributed by atoms with Gasteiger partial charge in [0.05, 0.1) is 9.95 Å². The Morgan fingerprint density at radius 2 is 1.85 bits per heavy atom. The molecule has 0 radical (unpaired) electrons. The number of furan rings is 1. The lowest BCUT2D eigenvalue weighted by Gasteiger charge is -2.01. The van der Waals surface area contributed by atoms with Gasteiger partial charge < -0.3 is 9.40 Å². The van der Waals surface area contributed by atoms with E-state index in [1.807, 2.05) is 0 Å². The van der Waals surface area contributed by atoms with Crippen LogP contribution in [0.1, 0.15) is 11.5 Å². The molecule has 3 aromatic rings. The lowest BCUT2D eigenvalue weighted by atomic mass is 10.2. The second-order valence-electron chi connectivity index (χ2n) is 5.09. The van der Waals surface area contributed by atoms with Crippen molar-refractivity contribution in [2.75, 3.05) is 0 Å². The molecule has 10 heteroatoms. The second kappa shape index (κ2) is 7.03. The number of aromatic amines is 2. The van der Waals surface area contributed by atoms with Gasteiger partial charge in [0.25, 0.3) is 0 Å². The standard InChI is InChI=1S/C16H9Cl2N3O5/c17-8-1-4-11(18)10(7-8)13-6-3-9(26-13)2-5-12-14(21(24)25)15(22)20-16(23)19-12/h1-7H,(H2,19,20,22,23). The number of hydrogen-bond donors (Lipinski definition) is 2. The zero-order valence-corrected chi connectivity index (χ0v) is 14.3. The molecule has 0 bridgehead atoms. The molecule has 0 saturated heterocycles. The Balaban J connectivity index is 1.98. The molecule has 0 spiro atoms. The molecule has 8 nitrogen and oxygen atoms in total. The van der Waals surface area contributed by atoms with Gasteiger partial charge in [-0.1, -0.05) is 23.2 Å². The molecule has 3 rings (SSSR count). The molecular formula is C16H9Cl2N3O5. The Morgan fingerprint density at radius 1 is 1.08 bits per heavy atom. The number of aromatic nitrogens is 2. The fourth-order valence-corrected chi connectivity index (χ4v) is 2.62. The molecule has 1 aromatic carbocycles. The van der Waals surface area contributed by atoms with Crippen LogP contribution < -0.4 is 11.2 Å². The summed E-state index contributed by atoms with van der Waals surface area (Å²) in [5, 5.41) is 11.9. The van der Waals surface area contributed by atoms with Gasteiger partial charge >= 0.3 is 16.9 Å². The summed E-state index contributed by atoms with van der Waals surface area (Å²) in [6.45, 7) is 0. The van der Waals surface area contributed by atoms with Crippen LogP contribution >= 0.6 is 23.2 Å². The van der Waals surface area contributed by atoms with E-state index in [0.717, 1.165) is 0 Å². The first kappa shape index (κ1) is 17.7. The lowest BCUT2D eigenvalue weighted by Crippen LogP contribution is -2.25. The Kier molecular flexibility index (Phi) is 4.79. The monoisotopic (exact) mass is 393 g/mol. The SMILES string of the molecule is O=c1[nH]c(C=Cc2ccc(-c3cc(Cl)ccc3Cl)o2)c([N+](=O)[O-])c(=O)[nH]1. The normalized spacial score (nSPS) is 11.2. The van der Waals surface area contributed by atoms with Gasteiger partial charge in [-0.25, -0.2) is 4.79 Å². The molecule has 0 atom stereocenters. The maximum atomic E-state index is 11.6. The summed E-state index contributed by atoms with van der Waals surface area (Å²) in [6.07, 6.45) is 2.58. The van der Waals surface area contributed by atoms with Gasteiger partial charge in [-0.15, -0.1) is 0 Å². The summed E-state index contributed by atoms with van der Waals surface area (Å²) in [4.78, 5) is 37.0. The fraction of sp³-hybridized carbons (Fsp3) is 0. The van der Waals surface area contributed by atoms with Crippen molar-refractivity contribution in [3.8, 4) is 11.3 Å². The number of H-pyrrole nitrogens is 2. The molecule has 2 aromatic heterocycles. The zero-order valence-electron chi connectivity index (χ0n) is 12.8. The summed E-state index contributed by atoms with van der Waals surface area (Å²) in [7, 11) is 0. The quantitative estimate of drug-likeness (QED) is 0.516. The molecular weight excluding hydrogens is 385 g/mol. The number of nitro groups is 1. The van der Waals surface area contributed by atoms with Crippen molar-refractivity contribution in [1.82, 2.24) is 9.97 Å². The third-order valence-corrected chi connectivity index (χ3v) is 3.93. The summed E-state index contributed by atoms with van der Waals surface area (Å²) < 4.78 is 5.61. The highest BCUT2D eigenvalue weighted by molar-refractivity contribution is 6.35. The van der Waals surface area contributed by atoms with E-state index in [1.54, 1.807) is 35.3 Å². The minimum absolute atomic E-state index is 0.248. The predicted molar refractivity (Wildman–Crippen MR) is 97.4 cm³/mol. The van der Waals surface area contributed by atoms with Gasteiger partial charge in [0.2, 0.25) is 0 Å². The minimum Gasteiger partial charge on any atom is -0.457 e. The van der Waals surface area contributed by atoms with E-state index >= 15 is 0 Å². The molecule has 0 saturated carbocycles. The molecule has 0 aliphatic carbocycles. The first-order chi connectivity index (χ1) is 12.3. The van der Waals surface area contributed by atoms with Gasteiger partial charge in [0, 0.05) is 10.6 Å². The number of hydrogen-bond acceptors (Lipinski definition) is 5. The lowest BCUT2D eigenvalue weighted by molar-refractivity contribution is -0.386. The minimum atomic E-state index is -1.09. The first-order valence-electron chi connectivity index (χ1n) is 7.09. The molecule has 132 valence electrons. The zero-order chi connectivity index (χ0) is 18.8. The van der Waals surface area contributed by atoms with Crippen molar-refractivity contribution >= 4 is 41.0 Å². The van der Waals surface area contributed by atoms with E-state index in [2.05, 4.69) is 4.98 Å². The molecule has 0 unspecified atom stereocenters. The summed E-state index contributed by atoms with van der Waals surface area (Å²) in [5.74, 6) is 0.762. The van der Waals surface area contributed by atoms with Crippen molar-refractivity contribution in [2.24, 2.45) is 0 Å². The van der Waals surface area contributed by atoms with E-state index in [1.165, 1.54) is 12.2 Å². The van der Waals surface area contributed by atoms with Crippen LogP contribution in [0.5, 0.6) is 0 Å². The van der Waals surface area contributed by atoms with Gasteiger partial charge in [0.1, 0.15) is 17.2 Å². The fourth-order valence-electron chi connectivity index (χ4n) is 2.24. The summed E-state index contributed by atoms with van der Waals surface area (Å²) in [6, 6.07) is 8.14. The van der Waals surface area contributed by atoms with Crippen molar-refractivity contribution in [1.29, 1.82) is 0 Å². The Bertz CT molecular complexity index is 1140. The first-order valence-corrected chi connectivity index (χ1v) is 7.85. The Hall–Kier alpha value is -3.10. The molecule has 0 amide bonds. The summed E-state index contributed by atoms with van der Waals surface area (Å²) in [5.41, 5.74) is -2.39. The number of halogens is 2. The number of nitrogens with zero attached hydrogens (tertiary/aromatic N) is 1. The van der Waals surface area contributed by atoms with Gasteiger partial charge in [-0.05, 0) is 42.5 Å². The van der Waals surface area contributed by atoms with Crippen molar-refractivity contribution in [2.45, 2.75) is 0 Å². The molecule has 0 fully saturated rings. The van der Waals surface area contributed by atoms with Crippen LogP contribution in [0, 0.1) is 10.1 Å². The smallest absolute Gasteiger partial charge is 0.357 e. The highest BCUT2D eigenvalue weighted by atomic mass is 35.5.